The number of nitrogens with zero attached hydrogens (tertiary/aromatic N) is 2. The van der Waals surface area contributed by atoms with E-state index in [-0.39, 0.29) is 0 Å². The summed E-state index contributed by atoms with van der Waals surface area (Å²) in [5.41, 5.74) is 6.49. The van der Waals surface area contributed by atoms with Crippen molar-refractivity contribution in [2.75, 3.05) is 0 Å². The van der Waals surface area contributed by atoms with Gasteiger partial charge < -0.3 is 10.1 Å². The van der Waals surface area contributed by atoms with Gasteiger partial charge in [-0.05, 0) is 73.1 Å². The molecule has 2 heterocycles. The first-order valence-electron chi connectivity index (χ1n) is 12.3. The minimum Gasteiger partial charge on any atom is -0.481 e. The molecule has 0 aliphatic heterocycles. The Bertz CT molecular complexity index is 1200. The zero-order valence-electron chi connectivity index (χ0n) is 19.6. The standard InChI is InChI=1S/C29H31N3O2/c1-19-2-6-24(7-3-19)27-18-31-29(32-27)25-14-15-26(30-17-25)23-12-10-22(11-13-23)21-8-4-20(5-9-21)16-28(33)34/h2,6-7,10-15,17-21H,3-5,8-9,16H2,1H3,(H,31,32)(H,33,34)/t19?,20-,21-. The molecule has 5 heteroatoms. The highest BCUT2D eigenvalue weighted by Crippen LogP contribution is 2.37. The number of carbonyl (C=O) groups is 1. The topological polar surface area (TPSA) is 78.9 Å². The molecule has 1 fully saturated rings. The Morgan fingerprint density at radius 1 is 1.03 bits per heavy atom. The predicted molar refractivity (Wildman–Crippen MR) is 135 cm³/mol. The third-order valence-corrected chi connectivity index (χ3v) is 7.21. The summed E-state index contributed by atoms with van der Waals surface area (Å²) in [5.74, 6) is 1.61. The van der Waals surface area contributed by atoms with E-state index < -0.39 is 5.97 Å². The molecule has 5 rings (SSSR count). The molecule has 3 aromatic rings. The normalized spacial score (nSPS) is 22.4. The van der Waals surface area contributed by atoms with E-state index in [1.165, 1.54) is 11.1 Å². The fraction of sp³-hybridized carbons (Fsp3) is 0.345. The molecule has 2 aliphatic carbocycles. The largest absolute Gasteiger partial charge is 0.481 e. The van der Waals surface area contributed by atoms with Crippen LogP contribution in [-0.4, -0.2) is 26.0 Å². The van der Waals surface area contributed by atoms with E-state index in [2.05, 4.69) is 60.5 Å². The van der Waals surface area contributed by atoms with Crippen LogP contribution in [0.1, 0.15) is 62.6 Å². The number of hydrogen-bond donors (Lipinski definition) is 2. The lowest BCUT2D eigenvalue weighted by Crippen LogP contribution is -2.16. The van der Waals surface area contributed by atoms with Crippen LogP contribution in [0.25, 0.3) is 28.2 Å². The SMILES string of the molecule is CC1C=CC(c2c[nH]c(-c3ccc(-c4ccc([C@H]5CC[C@H](CC(=O)O)CC5)cc4)nc3)n2)=CC1. The van der Waals surface area contributed by atoms with Crippen molar-refractivity contribution in [1.29, 1.82) is 0 Å². The number of imidazole rings is 1. The first-order chi connectivity index (χ1) is 16.5. The van der Waals surface area contributed by atoms with E-state index in [1.807, 2.05) is 18.5 Å². The molecule has 1 atom stereocenters. The van der Waals surface area contributed by atoms with E-state index in [1.54, 1.807) is 0 Å². The van der Waals surface area contributed by atoms with Crippen molar-refractivity contribution in [1.82, 2.24) is 15.0 Å². The number of pyridine rings is 1. The minimum atomic E-state index is -0.674. The van der Waals surface area contributed by atoms with Crippen LogP contribution in [0.5, 0.6) is 0 Å². The molecule has 2 aliphatic rings. The lowest BCUT2D eigenvalue weighted by Gasteiger charge is -2.28. The van der Waals surface area contributed by atoms with Crippen LogP contribution in [0.3, 0.4) is 0 Å². The van der Waals surface area contributed by atoms with E-state index >= 15 is 0 Å². The number of aliphatic carboxylic acids is 1. The summed E-state index contributed by atoms with van der Waals surface area (Å²) >= 11 is 0. The molecule has 0 amide bonds. The van der Waals surface area contributed by atoms with E-state index in [0.717, 1.165) is 60.4 Å². The second-order valence-electron chi connectivity index (χ2n) is 9.74. The summed E-state index contributed by atoms with van der Waals surface area (Å²) in [6.45, 7) is 2.22. The van der Waals surface area contributed by atoms with Gasteiger partial charge in [-0.3, -0.25) is 9.78 Å². The van der Waals surface area contributed by atoms with Gasteiger partial charge in [-0.1, -0.05) is 49.4 Å². The maximum atomic E-state index is 11.0. The number of aromatic amines is 1. The quantitative estimate of drug-likeness (QED) is 0.427. The lowest BCUT2D eigenvalue weighted by molar-refractivity contribution is -0.138. The average Bonchev–Trinajstić information content (AvgIpc) is 3.35. The van der Waals surface area contributed by atoms with Gasteiger partial charge in [0.15, 0.2) is 0 Å². The molecular weight excluding hydrogens is 422 g/mol. The number of rotatable bonds is 6. The highest BCUT2D eigenvalue weighted by molar-refractivity contribution is 5.74. The summed E-state index contributed by atoms with van der Waals surface area (Å²) in [7, 11) is 0. The van der Waals surface area contributed by atoms with Crippen LogP contribution >= 0.6 is 0 Å². The number of H-pyrrole nitrogens is 1. The number of benzene rings is 1. The van der Waals surface area contributed by atoms with Crippen molar-refractivity contribution in [2.24, 2.45) is 11.8 Å². The molecule has 34 heavy (non-hydrogen) atoms. The predicted octanol–water partition coefficient (Wildman–Crippen LogP) is 6.87. The monoisotopic (exact) mass is 453 g/mol. The van der Waals surface area contributed by atoms with Crippen molar-refractivity contribution in [3.8, 4) is 22.6 Å². The highest BCUT2D eigenvalue weighted by atomic mass is 16.4. The van der Waals surface area contributed by atoms with Gasteiger partial charge in [-0.15, -0.1) is 0 Å². The number of allylic oxidation sites excluding steroid dienone is 4. The number of carboxylic acids is 1. The molecule has 0 spiro atoms. The Hall–Kier alpha value is -3.47. The second kappa shape index (κ2) is 9.80. The van der Waals surface area contributed by atoms with Crippen molar-refractivity contribution in [3.05, 3.63) is 78.3 Å². The van der Waals surface area contributed by atoms with E-state index in [0.29, 0.717) is 24.2 Å². The number of nitrogens with one attached hydrogen (secondary N) is 1. The second-order valence-corrected chi connectivity index (χ2v) is 9.74. The Morgan fingerprint density at radius 2 is 1.79 bits per heavy atom. The van der Waals surface area contributed by atoms with Crippen LogP contribution in [0.2, 0.25) is 0 Å². The van der Waals surface area contributed by atoms with Crippen LogP contribution in [0.4, 0.5) is 0 Å². The van der Waals surface area contributed by atoms with Crippen molar-refractivity contribution in [3.63, 3.8) is 0 Å². The molecule has 1 aromatic carbocycles. The molecule has 2 aromatic heterocycles. The van der Waals surface area contributed by atoms with Gasteiger partial charge in [-0.2, -0.15) is 0 Å². The summed E-state index contributed by atoms with van der Waals surface area (Å²) in [6.07, 6.45) is 16.0. The first-order valence-corrected chi connectivity index (χ1v) is 12.3. The lowest BCUT2D eigenvalue weighted by atomic mass is 9.77. The summed E-state index contributed by atoms with van der Waals surface area (Å²) in [4.78, 5) is 23.7. The van der Waals surface area contributed by atoms with Crippen LogP contribution in [-0.2, 0) is 4.79 Å². The van der Waals surface area contributed by atoms with Gasteiger partial charge in [0.1, 0.15) is 5.82 Å². The molecule has 0 saturated heterocycles. The fourth-order valence-corrected chi connectivity index (χ4v) is 5.11. The third-order valence-electron chi connectivity index (χ3n) is 7.21. The van der Waals surface area contributed by atoms with Crippen molar-refractivity contribution < 1.29 is 9.90 Å². The summed E-state index contributed by atoms with van der Waals surface area (Å²) < 4.78 is 0. The van der Waals surface area contributed by atoms with Gasteiger partial charge in [-0.25, -0.2) is 4.98 Å². The zero-order valence-corrected chi connectivity index (χ0v) is 19.6. The number of hydrogen-bond acceptors (Lipinski definition) is 3. The van der Waals surface area contributed by atoms with Gasteiger partial charge in [0.2, 0.25) is 0 Å². The first kappa shape index (κ1) is 22.3. The molecule has 5 nitrogen and oxygen atoms in total. The number of carboxylic acid groups (broad SMARTS) is 1. The highest BCUT2D eigenvalue weighted by Gasteiger charge is 2.24. The van der Waals surface area contributed by atoms with E-state index in [4.69, 9.17) is 15.1 Å². The maximum Gasteiger partial charge on any atom is 0.303 e. The molecular formula is C29H31N3O2. The molecule has 2 N–H and O–H groups in total. The smallest absolute Gasteiger partial charge is 0.303 e. The molecule has 0 radical (unpaired) electrons. The fourth-order valence-electron chi connectivity index (χ4n) is 5.11. The van der Waals surface area contributed by atoms with Gasteiger partial charge >= 0.3 is 5.97 Å². The van der Waals surface area contributed by atoms with E-state index in [9.17, 15) is 4.79 Å². The van der Waals surface area contributed by atoms with Gasteiger partial charge in [0.05, 0.1) is 11.4 Å². The molecule has 1 unspecified atom stereocenters. The Labute approximate surface area is 200 Å². The molecule has 0 bridgehead atoms. The van der Waals surface area contributed by atoms with Crippen molar-refractivity contribution in [2.45, 2.75) is 51.4 Å². The Balaban J connectivity index is 1.23. The Kier molecular flexibility index (Phi) is 6.43. The van der Waals surface area contributed by atoms with Crippen LogP contribution < -0.4 is 0 Å². The molecule has 174 valence electrons. The maximum absolute atomic E-state index is 11.0. The molecule has 1 saturated carbocycles. The van der Waals surface area contributed by atoms with Crippen molar-refractivity contribution >= 4 is 11.5 Å². The average molecular weight is 454 g/mol. The summed E-state index contributed by atoms with van der Waals surface area (Å²) in [6, 6.07) is 12.8. The van der Waals surface area contributed by atoms with Gasteiger partial charge in [0.25, 0.3) is 0 Å². The number of aromatic nitrogens is 3. The van der Waals surface area contributed by atoms with Gasteiger partial charge in [0, 0.05) is 29.9 Å². The van der Waals surface area contributed by atoms with Crippen LogP contribution in [0.15, 0.2) is 67.0 Å². The van der Waals surface area contributed by atoms with Crippen LogP contribution in [0, 0.1) is 11.8 Å². The minimum absolute atomic E-state index is 0.306. The zero-order chi connectivity index (χ0) is 23.5. The Morgan fingerprint density at radius 3 is 2.44 bits per heavy atom. The summed E-state index contributed by atoms with van der Waals surface area (Å²) in [5, 5.41) is 9.02. The third kappa shape index (κ3) is 5.04.